The molecule has 5 nitrogen and oxygen atoms in total. The van der Waals surface area contributed by atoms with E-state index in [1.54, 1.807) is 0 Å². The van der Waals surface area contributed by atoms with Gasteiger partial charge in [0.05, 0.1) is 25.7 Å². The minimum Gasteiger partial charge on any atom is -0.469 e. The minimum atomic E-state index is -0.534. The molecule has 0 unspecified atom stereocenters. The van der Waals surface area contributed by atoms with Crippen LogP contribution in [0.4, 0.5) is 0 Å². The van der Waals surface area contributed by atoms with Crippen molar-refractivity contribution in [2.24, 2.45) is 11.8 Å². The highest BCUT2D eigenvalue weighted by Gasteiger charge is 2.41. The third-order valence-electron chi connectivity index (χ3n) is 3.23. The Hall–Kier alpha value is -0.650. The Balaban J connectivity index is 2.67. The van der Waals surface area contributed by atoms with Crippen LogP contribution < -0.4 is 0 Å². The number of methoxy groups -OCH3 is 2. The van der Waals surface area contributed by atoms with Crippen molar-refractivity contribution in [3.05, 3.63) is 0 Å². The zero-order chi connectivity index (χ0) is 12.3. The summed E-state index contributed by atoms with van der Waals surface area (Å²) in [7, 11) is 2.86. The van der Waals surface area contributed by atoms with E-state index in [9.17, 15) is 9.90 Å². The van der Waals surface area contributed by atoms with E-state index in [-0.39, 0.29) is 30.3 Å². The lowest BCUT2D eigenvalue weighted by molar-refractivity contribution is -0.253. The van der Waals surface area contributed by atoms with Gasteiger partial charge in [-0.25, -0.2) is 0 Å². The van der Waals surface area contributed by atoms with Crippen LogP contribution in [0.15, 0.2) is 0 Å². The Morgan fingerprint density at radius 3 is 2.44 bits per heavy atom. The molecule has 1 rings (SSSR count). The molecule has 0 amide bonds. The number of hydrogen-bond acceptors (Lipinski definition) is 5. The summed E-state index contributed by atoms with van der Waals surface area (Å²) < 4.78 is 15.3. The van der Waals surface area contributed by atoms with Crippen LogP contribution in [-0.4, -0.2) is 43.8 Å². The highest BCUT2D eigenvalue weighted by Crippen LogP contribution is 2.31. The van der Waals surface area contributed by atoms with Crippen LogP contribution in [0.5, 0.6) is 0 Å². The molecule has 1 N–H and O–H groups in total. The predicted octanol–water partition coefficient (Wildman–Crippen LogP) is 0.554. The second-order valence-corrected chi connectivity index (χ2v) is 4.27. The van der Waals surface area contributed by atoms with Crippen molar-refractivity contribution in [1.82, 2.24) is 0 Å². The second kappa shape index (κ2) is 5.61. The maximum atomic E-state index is 11.2. The quantitative estimate of drug-likeness (QED) is 0.720. The van der Waals surface area contributed by atoms with Gasteiger partial charge in [-0.1, -0.05) is 13.8 Å². The molecule has 1 heterocycles. The van der Waals surface area contributed by atoms with Crippen LogP contribution in [0.1, 0.15) is 20.3 Å². The Bertz CT molecular complexity index is 241. The summed E-state index contributed by atoms with van der Waals surface area (Å²) >= 11 is 0. The van der Waals surface area contributed by atoms with Gasteiger partial charge in [0, 0.05) is 18.9 Å². The largest absolute Gasteiger partial charge is 0.469 e. The summed E-state index contributed by atoms with van der Waals surface area (Å²) in [6, 6.07) is 0. The first kappa shape index (κ1) is 13.4. The van der Waals surface area contributed by atoms with E-state index in [4.69, 9.17) is 9.47 Å². The predicted molar refractivity (Wildman–Crippen MR) is 56.6 cm³/mol. The van der Waals surface area contributed by atoms with E-state index in [2.05, 4.69) is 4.74 Å². The van der Waals surface area contributed by atoms with E-state index < -0.39 is 12.4 Å². The Morgan fingerprint density at radius 2 is 1.94 bits per heavy atom. The van der Waals surface area contributed by atoms with Crippen LogP contribution >= 0.6 is 0 Å². The molecule has 5 atom stereocenters. The van der Waals surface area contributed by atoms with Crippen LogP contribution in [0.2, 0.25) is 0 Å². The van der Waals surface area contributed by atoms with Gasteiger partial charge < -0.3 is 19.3 Å². The molecule has 1 aliphatic rings. The van der Waals surface area contributed by atoms with Crippen LogP contribution in [-0.2, 0) is 19.0 Å². The van der Waals surface area contributed by atoms with Crippen molar-refractivity contribution in [2.45, 2.75) is 38.8 Å². The molecule has 16 heavy (non-hydrogen) atoms. The van der Waals surface area contributed by atoms with Gasteiger partial charge in [-0.15, -0.1) is 0 Å². The fourth-order valence-corrected chi connectivity index (χ4v) is 2.03. The maximum Gasteiger partial charge on any atom is 0.308 e. The van der Waals surface area contributed by atoms with Crippen molar-refractivity contribution in [3.8, 4) is 0 Å². The molecule has 1 aliphatic heterocycles. The lowest BCUT2D eigenvalue weighted by atomic mass is 9.84. The molecular formula is C11H20O5. The van der Waals surface area contributed by atoms with Crippen LogP contribution in [0.25, 0.3) is 0 Å². The highest BCUT2D eigenvalue weighted by atomic mass is 16.7. The van der Waals surface area contributed by atoms with Crippen molar-refractivity contribution in [2.75, 3.05) is 14.2 Å². The Labute approximate surface area is 95.7 Å². The fraction of sp³-hybridized carbons (Fsp3) is 0.909. The molecule has 0 aliphatic carbocycles. The Kier molecular flexibility index (Phi) is 4.70. The zero-order valence-corrected chi connectivity index (χ0v) is 10.2. The van der Waals surface area contributed by atoms with Crippen molar-refractivity contribution in [3.63, 3.8) is 0 Å². The van der Waals surface area contributed by atoms with Gasteiger partial charge in [0.25, 0.3) is 0 Å². The number of esters is 1. The number of aliphatic hydroxyl groups is 1. The van der Waals surface area contributed by atoms with E-state index in [0.29, 0.717) is 0 Å². The fourth-order valence-electron chi connectivity index (χ4n) is 2.03. The summed E-state index contributed by atoms with van der Waals surface area (Å²) in [5.74, 6) is -0.553. The molecular weight excluding hydrogens is 212 g/mol. The number of rotatable bonds is 3. The normalized spacial score (nSPS) is 39.4. The van der Waals surface area contributed by atoms with Gasteiger partial charge >= 0.3 is 5.97 Å². The van der Waals surface area contributed by atoms with E-state index in [1.807, 2.05) is 13.8 Å². The zero-order valence-electron chi connectivity index (χ0n) is 10.2. The molecule has 5 heteroatoms. The highest BCUT2D eigenvalue weighted by molar-refractivity contribution is 5.69. The monoisotopic (exact) mass is 232 g/mol. The summed E-state index contributed by atoms with van der Waals surface area (Å²) in [6.07, 6.45) is -1.22. The van der Waals surface area contributed by atoms with Gasteiger partial charge in [0.15, 0.2) is 6.29 Å². The van der Waals surface area contributed by atoms with Crippen molar-refractivity contribution >= 4 is 5.97 Å². The molecule has 1 fully saturated rings. The summed E-state index contributed by atoms with van der Waals surface area (Å²) in [6.45, 7) is 3.73. The molecule has 94 valence electrons. The lowest BCUT2D eigenvalue weighted by Crippen LogP contribution is -2.50. The number of aliphatic hydroxyl groups excluding tert-OH is 1. The average Bonchev–Trinajstić information content (AvgIpc) is 2.29. The van der Waals surface area contributed by atoms with Crippen LogP contribution in [0.3, 0.4) is 0 Å². The summed E-state index contributed by atoms with van der Waals surface area (Å²) in [5.41, 5.74) is 0. The SMILES string of the molecule is COC(=O)C[C@@H]1O[C@H](OC)[C@H](C)[C@@H](O)[C@H]1C. The van der Waals surface area contributed by atoms with Crippen molar-refractivity contribution in [1.29, 1.82) is 0 Å². The first-order chi connectivity index (χ1) is 7.51. The minimum absolute atomic E-state index is 0.103. The van der Waals surface area contributed by atoms with E-state index in [0.717, 1.165) is 0 Å². The molecule has 0 aromatic heterocycles. The second-order valence-electron chi connectivity index (χ2n) is 4.27. The van der Waals surface area contributed by atoms with E-state index in [1.165, 1.54) is 14.2 Å². The average molecular weight is 232 g/mol. The molecule has 0 spiro atoms. The maximum absolute atomic E-state index is 11.2. The molecule has 1 saturated heterocycles. The molecule has 0 saturated carbocycles. The van der Waals surface area contributed by atoms with Gasteiger partial charge in [-0.05, 0) is 0 Å². The topological polar surface area (TPSA) is 65.0 Å². The smallest absolute Gasteiger partial charge is 0.308 e. The van der Waals surface area contributed by atoms with Gasteiger partial charge in [0.1, 0.15) is 0 Å². The van der Waals surface area contributed by atoms with Gasteiger partial charge in [-0.2, -0.15) is 0 Å². The number of hydrogen-bond donors (Lipinski definition) is 1. The number of ether oxygens (including phenoxy) is 3. The Morgan fingerprint density at radius 1 is 1.31 bits per heavy atom. The molecule has 0 radical (unpaired) electrons. The van der Waals surface area contributed by atoms with Crippen molar-refractivity contribution < 1.29 is 24.1 Å². The molecule has 0 aromatic carbocycles. The summed E-state index contributed by atoms with van der Waals surface area (Å²) in [4.78, 5) is 11.2. The molecule has 0 aromatic rings. The van der Waals surface area contributed by atoms with Gasteiger partial charge in [0.2, 0.25) is 0 Å². The van der Waals surface area contributed by atoms with Gasteiger partial charge in [-0.3, -0.25) is 4.79 Å². The number of carbonyl (C=O) groups excluding carboxylic acids is 1. The van der Waals surface area contributed by atoms with Crippen LogP contribution in [0, 0.1) is 11.8 Å². The lowest BCUT2D eigenvalue weighted by Gasteiger charge is -2.41. The number of carbonyl (C=O) groups is 1. The third kappa shape index (κ3) is 2.72. The molecule has 0 bridgehead atoms. The summed E-state index contributed by atoms with van der Waals surface area (Å²) in [5, 5.41) is 9.99. The first-order valence-corrected chi connectivity index (χ1v) is 5.44. The third-order valence-corrected chi connectivity index (χ3v) is 3.23. The van der Waals surface area contributed by atoms with E-state index >= 15 is 0 Å². The first-order valence-electron chi connectivity index (χ1n) is 5.44. The standard InChI is InChI=1S/C11H20O5/c1-6-8(5-9(12)14-3)16-11(15-4)7(2)10(6)13/h6-8,10-11,13H,5H2,1-4H3/t6-,7+,8-,10-,11-/m0/s1.